The maximum absolute atomic E-state index is 13.4. The number of hydrogen-bond donors (Lipinski definition) is 15. The van der Waals surface area contributed by atoms with Crippen LogP contribution in [0.25, 0.3) is 0 Å². The predicted octanol–water partition coefficient (Wildman–Crippen LogP) is 1.78. The van der Waals surface area contributed by atoms with Crippen LogP contribution in [0.1, 0.15) is 201 Å². The van der Waals surface area contributed by atoms with Gasteiger partial charge in [0.25, 0.3) is 0 Å². The Bertz CT molecular complexity index is 1830. The number of unbranched alkanes of at least 4 members (excludes halogenated alkanes) is 25. The number of rotatable bonds is 45. The maximum Gasteiger partial charge on any atom is 0.220 e. The van der Waals surface area contributed by atoms with Gasteiger partial charge in [-0.15, -0.1) is 0 Å². The Hall–Kier alpha value is -2.16. The lowest BCUT2D eigenvalue weighted by Crippen LogP contribution is -2.69. The molecular formula is C62H114N2O23. The molecule has 22 atom stereocenters. The molecule has 4 aliphatic heterocycles. The Balaban J connectivity index is 1.34. The smallest absolute Gasteiger partial charge is 0.220 e. The highest BCUT2D eigenvalue weighted by atomic mass is 16.8. The monoisotopic (exact) mass is 1250 g/mol. The molecule has 0 bridgehead atoms. The van der Waals surface area contributed by atoms with Crippen molar-refractivity contribution >= 4 is 11.8 Å². The van der Waals surface area contributed by atoms with E-state index in [-0.39, 0.29) is 12.3 Å². The van der Waals surface area contributed by atoms with Crippen LogP contribution in [0.2, 0.25) is 0 Å². The largest absolute Gasteiger partial charge is 0.394 e. The summed E-state index contributed by atoms with van der Waals surface area (Å²) in [6, 6.07) is -2.63. The second-order valence-corrected chi connectivity index (χ2v) is 24.3. The van der Waals surface area contributed by atoms with Crippen molar-refractivity contribution in [3.63, 3.8) is 0 Å². The van der Waals surface area contributed by atoms with Gasteiger partial charge >= 0.3 is 0 Å². The van der Waals surface area contributed by atoms with Gasteiger partial charge < -0.3 is 115 Å². The van der Waals surface area contributed by atoms with E-state index < -0.39 is 174 Å². The number of carbonyl (C=O) groups is 2. The second kappa shape index (κ2) is 43.6. The first-order valence-corrected chi connectivity index (χ1v) is 32.9. The van der Waals surface area contributed by atoms with E-state index >= 15 is 0 Å². The average molecular weight is 1260 g/mol. The Kier molecular flexibility index (Phi) is 38.8. The summed E-state index contributed by atoms with van der Waals surface area (Å²) in [6.45, 7) is 1.63. The second-order valence-electron chi connectivity index (χ2n) is 24.3. The molecule has 87 heavy (non-hydrogen) atoms. The SMILES string of the molecule is CCCCCCCCCCCCC/C=C/[C@@H](O)[C@H](CO[C@@H]1O[C@H](CO)[C@@H](O[C@@H]2O[C@H](CO)[C@H](O[C@@H]3O[C@H](CO)[C@H](O[C@@H]4O[C@H](CO)[C@H](O)[C@H](O)[C@H]4O)[C@H](O)[C@H]3NC(C)=O)[C@H](O)[C@H]2O)[C@H](O)[C@H]1O)NC(=O)CCCCCCCCCCCCCCCCC. The van der Waals surface area contributed by atoms with Crippen molar-refractivity contribution in [1.82, 2.24) is 10.6 Å². The van der Waals surface area contributed by atoms with E-state index in [4.69, 9.17) is 37.9 Å². The Labute approximate surface area is 515 Å². The lowest BCUT2D eigenvalue weighted by atomic mass is 9.94. The van der Waals surface area contributed by atoms with Gasteiger partial charge in [-0.05, 0) is 19.3 Å². The van der Waals surface area contributed by atoms with Gasteiger partial charge in [0.15, 0.2) is 25.2 Å². The van der Waals surface area contributed by atoms with Crippen molar-refractivity contribution in [2.45, 2.75) is 335 Å². The first-order chi connectivity index (χ1) is 42.0. The molecule has 4 aliphatic rings. The molecule has 4 fully saturated rings. The molecule has 25 nitrogen and oxygen atoms in total. The van der Waals surface area contributed by atoms with Gasteiger partial charge in [0.2, 0.25) is 11.8 Å². The number of allylic oxidation sites excluding steroid dienone is 1. The van der Waals surface area contributed by atoms with Crippen LogP contribution in [-0.2, 0) is 47.5 Å². The third-order valence-corrected chi connectivity index (χ3v) is 17.1. The lowest BCUT2D eigenvalue weighted by molar-refractivity contribution is -0.380. The van der Waals surface area contributed by atoms with Crippen LogP contribution in [-0.4, -0.2) is 246 Å². The molecule has 0 radical (unpaired) electrons. The molecule has 4 saturated heterocycles. The van der Waals surface area contributed by atoms with E-state index in [1.165, 1.54) is 116 Å². The van der Waals surface area contributed by atoms with Crippen molar-refractivity contribution in [3.8, 4) is 0 Å². The summed E-state index contributed by atoms with van der Waals surface area (Å²) >= 11 is 0. The number of nitrogens with one attached hydrogen (secondary N) is 2. The summed E-state index contributed by atoms with van der Waals surface area (Å²) in [5, 5.41) is 146. The predicted molar refractivity (Wildman–Crippen MR) is 317 cm³/mol. The number of ether oxygens (including phenoxy) is 8. The molecule has 25 heteroatoms. The Morgan fingerprint density at radius 2 is 0.816 bits per heavy atom. The van der Waals surface area contributed by atoms with Crippen molar-refractivity contribution in [2.24, 2.45) is 0 Å². The first kappa shape index (κ1) is 77.3. The highest BCUT2D eigenvalue weighted by Crippen LogP contribution is 2.35. The van der Waals surface area contributed by atoms with Gasteiger partial charge in [0.1, 0.15) is 97.6 Å². The van der Waals surface area contributed by atoms with E-state index in [0.717, 1.165) is 51.9 Å². The molecule has 0 aliphatic carbocycles. The molecule has 4 heterocycles. The van der Waals surface area contributed by atoms with E-state index in [1.807, 2.05) is 6.08 Å². The van der Waals surface area contributed by atoms with Crippen molar-refractivity contribution in [1.29, 1.82) is 0 Å². The fourth-order valence-electron chi connectivity index (χ4n) is 11.7. The number of hydrogen-bond acceptors (Lipinski definition) is 23. The van der Waals surface area contributed by atoms with Crippen LogP contribution in [0.4, 0.5) is 0 Å². The molecule has 0 aromatic carbocycles. The van der Waals surface area contributed by atoms with Crippen LogP contribution in [0.3, 0.4) is 0 Å². The third-order valence-electron chi connectivity index (χ3n) is 17.1. The molecule has 0 unspecified atom stereocenters. The topological polar surface area (TPSA) is 395 Å². The van der Waals surface area contributed by atoms with Crippen LogP contribution < -0.4 is 10.6 Å². The standard InChI is InChI=1S/C62H114N2O23/c1-4-6-8-10-12-14-16-18-19-21-23-25-27-29-31-33-46(71)64-40(41(70)32-30-28-26-24-22-20-17-15-13-11-9-7-5-2)38-80-60-54(78)51(75)58(44(36-67)83-60)87-62-55(79)52(76)57(45(37-68)84-62)85-59-47(63-39(3)69)49(73)56(43(35-66)82-59)86-61-53(77)50(74)48(72)42(34-65)81-61/h30,32,40-45,47-62,65-68,70,72-79H,4-29,31,33-38H2,1-3H3,(H,63,69)(H,64,71)/b32-30+/t40-,41+,42+,43+,44+,45+,47+,48-,49+,50-,51+,52+,53+,54+,55+,56-,57-,58+,59-,60+,61-,62-/m0/s1. The van der Waals surface area contributed by atoms with Crippen molar-refractivity contribution in [3.05, 3.63) is 12.2 Å². The van der Waals surface area contributed by atoms with Crippen LogP contribution >= 0.6 is 0 Å². The first-order valence-electron chi connectivity index (χ1n) is 32.9. The zero-order chi connectivity index (χ0) is 63.7. The minimum Gasteiger partial charge on any atom is -0.394 e. The molecule has 0 aromatic heterocycles. The van der Waals surface area contributed by atoms with Gasteiger partial charge in [0, 0.05) is 13.3 Å². The normalized spacial score (nSPS) is 33.8. The molecule has 0 spiro atoms. The van der Waals surface area contributed by atoms with Gasteiger partial charge in [-0.2, -0.15) is 0 Å². The van der Waals surface area contributed by atoms with Gasteiger partial charge in [-0.25, -0.2) is 0 Å². The number of aliphatic hydroxyl groups excluding tert-OH is 13. The highest BCUT2D eigenvalue weighted by molar-refractivity contribution is 5.76. The summed E-state index contributed by atoms with van der Waals surface area (Å²) in [4.78, 5) is 25.8. The van der Waals surface area contributed by atoms with E-state index in [2.05, 4.69) is 24.5 Å². The zero-order valence-corrected chi connectivity index (χ0v) is 52.1. The lowest BCUT2D eigenvalue weighted by Gasteiger charge is -2.50. The summed E-state index contributed by atoms with van der Waals surface area (Å²) in [6.07, 6.45) is 0.419. The third kappa shape index (κ3) is 26.0. The van der Waals surface area contributed by atoms with E-state index in [1.54, 1.807) is 6.08 Å². The van der Waals surface area contributed by atoms with E-state index in [9.17, 15) is 76.0 Å². The Morgan fingerprint density at radius 3 is 1.26 bits per heavy atom. The quantitative estimate of drug-likeness (QED) is 0.0305. The molecule has 0 saturated carbocycles. The van der Waals surface area contributed by atoms with Crippen molar-refractivity contribution in [2.75, 3.05) is 33.0 Å². The number of amides is 2. The van der Waals surface area contributed by atoms with Crippen LogP contribution in [0.5, 0.6) is 0 Å². The summed E-state index contributed by atoms with van der Waals surface area (Å²) in [5.41, 5.74) is 0. The highest BCUT2D eigenvalue weighted by Gasteiger charge is 2.56. The average Bonchev–Trinajstić information content (AvgIpc) is 1.30. The molecule has 510 valence electrons. The molecular weight excluding hydrogens is 1140 g/mol. The van der Waals surface area contributed by atoms with Gasteiger partial charge in [0.05, 0.1) is 45.2 Å². The van der Waals surface area contributed by atoms with Gasteiger partial charge in [-0.1, -0.05) is 180 Å². The summed E-state index contributed by atoms with van der Waals surface area (Å²) in [5.74, 6) is -1.05. The summed E-state index contributed by atoms with van der Waals surface area (Å²) in [7, 11) is 0. The minimum atomic E-state index is -2.08. The van der Waals surface area contributed by atoms with E-state index in [0.29, 0.717) is 12.8 Å². The fraction of sp³-hybridized carbons (Fsp3) is 0.935. The number of carbonyl (C=O) groups excluding carboxylic acids is 2. The van der Waals surface area contributed by atoms with Crippen molar-refractivity contribution < 1.29 is 114 Å². The molecule has 0 aromatic rings. The Morgan fingerprint density at radius 1 is 0.448 bits per heavy atom. The van der Waals surface area contributed by atoms with Crippen LogP contribution in [0.15, 0.2) is 12.2 Å². The fourth-order valence-corrected chi connectivity index (χ4v) is 11.7. The molecule has 15 N–H and O–H groups in total. The molecule has 2 amide bonds. The maximum atomic E-state index is 13.4. The van der Waals surface area contributed by atoms with Gasteiger partial charge in [-0.3, -0.25) is 9.59 Å². The zero-order valence-electron chi connectivity index (χ0n) is 52.1. The minimum absolute atomic E-state index is 0.219. The van der Waals surface area contributed by atoms with Crippen LogP contribution in [0, 0.1) is 0 Å². The summed E-state index contributed by atoms with van der Waals surface area (Å²) < 4.78 is 46.6. The number of aliphatic hydroxyl groups is 13. The molecule has 4 rings (SSSR count).